The van der Waals surface area contributed by atoms with Gasteiger partial charge in [-0.05, 0) is 6.92 Å². The summed E-state index contributed by atoms with van der Waals surface area (Å²) >= 11 is 0. The number of rotatable bonds is 0. The molecule has 0 fully saturated rings. The number of nitrogens with zero attached hydrogens (tertiary/aromatic N) is 2. The standard InChI is InChI=1S/C9H16N2O/c1-6-7(12)8(9(2,3)4)10-11(6)5/h12H,1-5H3. The summed E-state index contributed by atoms with van der Waals surface area (Å²) in [6.45, 7) is 7.97. The van der Waals surface area contributed by atoms with Gasteiger partial charge in [0.1, 0.15) is 5.69 Å². The van der Waals surface area contributed by atoms with Crippen LogP contribution in [0.25, 0.3) is 0 Å². The van der Waals surface area contributed by atoms with Crippen molar-refractivity contribution in [2.24, 2.45) is 7.05 Å². The summed E-state index contributed by atoms with van der Waals surface area (Å²) in [6, 6.07) is 0. The van der Waals surface area contributed by atoms with E-state index < -0.39 is 0 Å². The smallest absolute Gasteiger partial charge is 0.160 e. The second-order valence-electron chi connectivity index (χ2n) is 4.16. The van der Waals surface area contributed by atoms with Crippen molar-refractivity contribution in [2.75, 3.05) is 0 Å². The summed E-state index contributed by atoms with van der Waals surface area (Å²) in [5.41, 5.74) is 1.50. The van der Waals surface area contributed by atoms with Crippen LogP contribution in [0.2, 0.25) is 0 Å². The summed E-state index contributed by atoms with van der Waals surface area (Å²) in [4.78, 5) is 0. The van der Waals surface area contributed by atoms with Crippen LogP contribution in [0.1, 0.15) is 32.2 Å². The van der Waals surface area contributed by atoms with Gasteiger partial charge in [-0.1, -0.05) is 20.8 Å². The van der Waals surface area contributed by atoms with E-state index in [0.717, 1.165) is 11.4 Å². The molecule has 0 saturated carbocycles. The minimum Gasteiger partial charge on any atom is -0.504 e. The summed E-state index contributed by atoms with van der Waals surface area (Å²) < 4.78 is 1.70. The second kappa shape index (κ2) is 2.51. The molecule has 0 radical (unpaired) electrons. The van der Waals surface area contributed by atoms with Gasteiger partial charge in [-0.3, -0.25) is 4.68 Å². The number of aromatic hydroxyl groups is 1. The molecule has 3 heteroatoms. The highest BCUT2D eigenvalue weighted by Crippen LogP contribution is 2.31. The molecule has 0 bridgehead atoms. The summed E-state index contributed by atoms with van der Waals surface area (Å²) in [6.07, 6.45) is 0. The Morgan fingerprint density at radius 2 is 1.83 bits per heavy atom. The van der Waals surface area contributed by atoms with Crippen LogP contribution in [-0.2, 0) is 12.5 Å². The van der Waals surface area contributed by atoms with E-state index in [1.54, 1.807) is 4.68 Å². The molecule has 3 nitrogen and oxygen atoms in total. The van der Waals surface area contributed by atoms with Crippen LogP contribution in [0.5, 0.6) is 5.75 Å². The van der Waals surface area contributed by atoms with Crippen molar-refractivity contribution in [3.8, 4) is 5.75 Å². The molecule has 1 aromatic rings. The Labute approximate surface area is 73.0 Å². The Morgan fingerprint density at radius 3 is 2.00 bits per heavy atom. The van der Waals surface area contributed by atoms with E-state index in [0.29, 0.717) is 5.75 Å². The third-order valence-corrected chi connectivity index (χ3v) is 2.01. The van der Waals surface area contributed by atoms with Gasteiger partial charge in [0.15, 0.2) is 5.75 Å². The lowest BCUT2D eigenvalue weighted by Crippen LogP contribution is -2.12. The Kier molecular flexibility index (Phi) is 1.90. The lowest BCUT2D eigenvalue weighted by molar-refractivity contribution is 0.441. The Balaban J connectivity index is 3.28. The largest absolute Gasteiger partial charge is 0.504 e. The maximum absolute atomic E-state index is 9.67. The number of hydrogen-bond acceptors (Lipinski definition) is 2. The van der Waals surface area contributed by atoms with E-state index in [1.807, 2.05) is 34.7 Å². The molecule has 1 rings (SSSR count). The van der Waals surface area contributed by atoms with Crippen LogP contribution in [0, 0.1) is 6.92 Å². The zero-order valence-corrected chi connectivity index (χ0v) is 8.34. The van der Waals surface area contributed by atoms with Crippen molar-refractivity contribution < 1.29 is 5.11 Å². The van der Waals surface area contributed by atoms with Crippen molar-refractivity contribution in [1.82, 2.24) is 9.78 Å². The van der Waals surface area contributed by atoms with Crippen LogP contribution >= 0.6 is 0 Å². The molecule has 0 unspecified atom stereocenters. The molecule has 0 spiro atoms. The lowest BCUT2D eigenvalue weighted by atomic mass is 9.91. The zero-order chi connectivity index (χ0) is 9.52. The topological polar surface area (TPSA) is 38.1 Å². The Morgan fingerprint density at radius 1 is 1.33 bits per heavy atom. The summed E-state index contributed by atoms with van der Waals surface area (Å²) in [5, 5.41) is 13.9. The maximum Gasteiger partial charge on any atom is 0.160 e. The average Bonchev–Trinajstić information content (AvgIpc) is 2.15. The molecule has 1 aromatic heterocycles. The fourth-order valence-electron chi connectivity index (χ4n) is 1.10. The van der Waals surface area contributed by atoms with Gasteiger partial charge in [0, 0.05) is 12.5 Å². The molecular weight excluding hydrogens is 152 g/mol. The van der Waals surface area contributed by atoms with E-state index >= 15 is 0 Å². The van der Waals surface area contributed by atoms with Crippen molar-refractivity contribution in [3.63, 3.8) is 0 Å². The molecule has 0 amide bonds. The molecule has 12 heavy (non-hydrogen) atoms. The molecule has 1 heterocycles. The first-order valence-electron chi connectivity index (χ1n) is 4.07. The van der Waals surface area contributed by atoms with Crippen LogP contribution in [0.4, 0.5) is 0 Å². The van der Waals surface area contributed by atoms with Crippen molar-refractivity contribution in [3.05, 3.63) is 11.4 Å². The number of aryl methyl sites for hydroxylation is 1. The van der Waals surface area contributed by atoms with Gasteiger partial charge in [0.05, 0.1) is 5.69 Å². The highest BCUT2D eigenvalue weighted by molar-refractivity contribution is 5.35. The Hall–Kier alpha value is -0.990. The maximum atomic E-state index is 9.67. The molecule has 0 saturated heterocycles. The van der Waals surface area contributed by atoms with Crippen LogP contribution in [0.15, 0.2) is 0 Å². The zero-order valence-electron chi connectivity index (χ0n) is 8.34. The van der Waals surface area contributed by atoms with Gasteiger partial charge in [0.2, 0.25) is 0 Å². The summed E-state index contributed by atoms with van der Waals surface area (Å²) in [5.74, 6) is 0.324. The van der Waals surface area contributed by atoms with E-state index in [1.165, 1.54) is 0 Å². The predicted octanol–water partition coefficient (Wildman–Crippen LogP) is 1.73. The second-order valence-corrected chi connectivity index (χ2v) is 4.16. The van der Waals surface area contributed by atoms with Crippen molar-refractivity contribution in [2.45, 2.75) is 33.1 Å². The van der Waals surface area contributed by atoms with Crippen molar-refractivity contribution in [1.29, 1.82) is 0 Å². The Bertz CT molecular complexity index is 294. The third kappa shape index (κ3) is 1.31. The minimum absolute atomic E-state index is 0.0872. The predicted molar refractivity (Wildman–Crippen MR) is 48.3 cm³/mol. The van der Waals surface area contributed by atoms with E-state index in [9.17, 15) is 5.11 Å². The fourth-order valence-corrected chi connectivity index (χ4v) is 1.10. The monoisotopic (exact) mass is 168 g/mol. The first-order valence-corrected chi connectivity index (χ1v) is 4.07. The van der Waals surface area contributed by atoms with Crippen LogP contribution in [-0.4, -0.2) is 14.9 Å². The number of aromatic nitrogens is 2. The minimum atomic E-state index is -0.0872. The molecule has 0 atom stereocenters. The molecule has 0 aliphatic carbocycles. The molecule has 68 valence electrons. The first-order chi connectivity index (χ1) is 5.34. The summed E-state index contributed by atoms with van der Waals surface area (Å²) in [7, 11) is 1.84. The fraction of sp³-hybridized carbons (Fsp3) is 0.667. The van der Waals surface area contributed by atoms with Gasteiger partial charge in [-0.2, -0.15) is 5.10 Å². The molecule has 0 aliphatic rings. The highest BCUT2D eigenvalue weighted by atomic mass is 16.3. The average molecular weight is 168 g/mol. The van der Waals surface area contributed by atoms with Crippen molar-refractivity contribution >= 4 is 0 Å². The molecular formula is C9H16N2O. The first kappa shape index (κ1) is 9.10. The normalized spacial score (nSPS) is 12.1. The van der Waals surface area contributed by atoms with Crippen LogP contribution in [0.3, 0.4) is 0 Å². The van der Waals surface area contributed by atoms with E-state index in [4.69, 9.17) is 0 Å². The van der Waals surface area contributed by atoms with Gasteiger partial charge in [0.25, 0.3) is 0 Å². The van der Waals surface area contributed by atoms with Gasteiger partial charge >= 0.3 is 0 Å². The molecule has 0 aromatic carbocycles. The van der Waals surface area contributed by atoms with E-state index in [2.05, 4.69) is 5.10 Å². The van der Waals surface area contributed by atoms with Crippen LogP contribution < -0.4 is 0 Å². The quantitative estimate of drug-likeness (QED) is 0.640. The van der Waals surface area contributed by atoms with E-state index in [-0.39, 0.29) is 5.41 Å². The lowest BCUT2D eigenvalue weighted by Gasteiger charge is -2.14. The number of hydrogen-bond donors (Lipinski definition) is 1. The highest BCUT2D eigenvalue weighted by Gasteiger charge is 2.23. The van der Waals surface area contributed by atoms with Gasteiger partial charge < -0.3 is 5.11 Å². The molecule has 1 N–H and O–H groups in total. The molecule has 0 aliphatic heterocycles. The SMILES string of the molecule is Cc1c(O)c(C(C)(C)C)nn1C. The van der Waals surface area contributed by atoms with Gasteiger partial charge in [-0.15, -0.1) is 0 Å². The third-order valence-electron chi connectivity index (χ3n) is 2.01. The van der Waals surface area contributed by atoms with Gasteiger partial charge in [-0.25, -0.2) is 0 Å².